The Balaban J connectivity index is 2.09. The Morgan fingerprint density at radius 3 is 2.76 bits per heavy atom. The zero-order valence-electron chi connectivity index (χ0n) is 12.7. The van der Waals surface area contributed by atoms with Gasteiger partial charge in [-0.25, -0.2) is 4.98 Å². The van der Waals surface area contributed by atoms with E-state index in [0.29, 0.717) is 11.6 Å². The third kappa shape index (κ3) is 4.07. The molecule has 1 unspecified atom stereocenters. The average Bonchev–Trinajstić information content (AvgIpc) is 2.38. The monoisotopic (exact) mass is 308 g/mol. The number of nitriles is 1. The molecule has 114 valence electrons. The molecule has 2 heterocycles. The molecule has 2 rings (SSSR count). The van der Waals surface area contributed by atoms with Gasteiger partial charge in [-0.3, -0.25) is 4.90 Å². The molecule has 1 fully saturated rings. The predicted octanol–water partition coefficient (Wildman–Crippen LogP) is 1.89. The standard InChI is InChI=1S/C15H21ClN4O/c1-11-9-19(10-15(2,3)21)6-7-20(11)14-5-4-12(16)13(8-17)18-14/h4-5,11,21H,6-7,9-10H2,1-3H3. The smallest absolute Gasteiger partial charge is 0.161 e. The van der Waals surface area contributed by atoms with Crippen LogP contribution in [0.15, 0.2) is 12.1 Å². The molecule has 6 heteroatoms. The molecule has 1 aromatic rings. The van der Waals surface area contributed by atoms with Gasteiger partial charge in [0.25, 0.3) is 0 Å². The fraction of sp³-hybridized carbons (Fsp3) is 0.600. The molecule has 1 aliphatic rings. The second-order valence-electron chi connectivity index (χ2n) is 6.20. The summed E-state index contributed by atoms with van der Waals surface area (Å²) in [5.41, 5.74) is -0.422. The van der Waals surface area contributed by atoms with Crippen molar-refractivity contribution in [2.45, 2.75) is 32.4 Å². The van der Waals surface area contributed by atoms with Crippen LogP contribution < -0.4 is 4.90 Å². The fourth-order valence-corrected chi connectivity index (χ4v) is 2.88. The summed E-state index contributed by atoms with van der Waals surface area (Å²) in [5, 5.41) is 19.3. The molecule has 0 radical (unpaired) electrons. The lowest BCUT2D eigenvalue weighted by molar-refractivity contribution is 0.0307. The Labute approximate surface area is 130 Å². The van der Waals surface area contributed by atoms with Gasteiger partial charge in [0.05, 0.1) is 10.6 Å². The first-order valence-corrected chi connectivity index (χ1v) is 7.46. The van der Waals surface area contributed by atoms with Gasteiger partial charge in [0.2, 0.25) is 0 Å². The Morgan fingerprint density at radius 1 is 1.48 bits per heavy atom. The Kier molecular flexibility index (Phi) is 4.72. The molecule has 0 saturated carbocycles. The lowest BCUT2D eigenvalue weighted by Gasteiger charge is -2.42. The van der Waals surface area contributed by atoms with Crippen LogP contribution in [0.25, 0.3) is 0 Å². The number of anilines is 1. The van der Waals surface area contributed by atoms with Gasteiger partial charge in [-0.2, -0.15) is 5.26 Å². The third-order valence-corrected chi connectivity index (χ3v) is 3.86. The Hall–Kier alpha value is -1.35. The number of piperazine rings is 1. The number of aromatic nitrogens is 1. The average molecular weight is 309 g/mol. The Bertz CT molecular complexity index is 550. The van der Waals surface area contributed by atoms with Gasteiger partial charge >= 0.3 is 0 Å². The lowest BCUT2D eigenvalue weighted by Crippen LogP contribution is -2.55. The fourth-order valence-electron chi connectivity index (χ4n) is 2.73. The van der Waals surface area contributed by atoms with Crippen molar-refractivity contribution in [3.05, 3.63) is 22.8 Å². The van der Waals surface area contributed by atoms with Crippen LogP contribution in [0.1, 0.15) is 26.5 Å². The molecule has 0 spiro atoms. The topological polar surface area (TPSA) is 63.4 Å². The van der Waals surface area contributed by atoms with Crippen molar-refractivity contribution in [2.75, 3.05) is 31.1 Å². The molecular weight excluding hydrogens is 288 g/mol. The van der Waals surface area contributed by atoms with Crippen LogP contribution in [-0.4, -0.2) is 52.8 Å². The van der Waals surface area contributed by atoms with E-state index in [2.05, 4.69) is 21.7 Å². The van der Waals surface area contributed by atoms with E-state index < -0.39 is 5.60 Å². The van der Waals surface area contributed by atoms with Crippen molar-refractivity contribution >= 4 is 17.4 Å². The van der Waals surface area contributed by atoms with Crippen LogP contribution in [0.4, 0.5) is 5.82 Å². The van der Waals surface area contributed by atoms with Gasteiger partial charge in [-0.05, 0) is 32.9 Å². The highest BCUT2D eigenvalue weighted by molar-refractivity contribution is 6.31. The summed E-state index contributed by atoms with van der Waals surface area (Å²) < 4.78 is 0. The van der Waals surface area contributed by atoms with E-state index in [1.54, 1.807) is 6.07 Å². The summed E-state index contributed by atoms with van der Waals surface area (Å²) in [7, 11) is 0. The zero-order valence-corrected chi connectivity index (χ0v) is 13.4. The van der Waals surface area contributed by atoms with Crippen LogP contribution in [0.3, 0.4) is 0 Å². The van der Waals surface area contributed by atoms with E-state index in [4.69, 9.17) is 16.9 Å². The van der Waals surface area contributed by atoms with Gasteiger partial charge in [0.1, 0.15) is 11.9 Å². The molecule has 1 N–H and O–H groups in total. The largest absolute Gasteiger partial charge is 0.389 e. The number of β-amino-alcohol motifs (C(OH)–C–C–N with tert-alkyl or cyclic N) is 1. The van der Waals surface area contributed by atoms with E-state index in [9.17, 15) is 5.11 Å². The second-order valence-corrected chi connectivity index (χ2v) is 6.61. The lowest BCUT2D eigenvalue weighted by atomic mass is 10.1. The van der Waals surface area contributed by atoms with E-state index in [-0.39, 0.29) is 11.7 Å². The van der Waals surface area contributed by atoms with Crippen molar-refractivity contribution in [3.63, 3.8) is 0 Å². The van der Waals surface area contributed by atoms with Crippen molar-refractivity contribution in [1.29, 1.82) is 5.26 Å². The summed E-state index contributed by atoms with van der Waals surface area (Å²) >= 11 is 5.93. The summed E-state index contributed by atoms with van der Waals surface area (Å²) in [4.78, 5) is 8.76. The maximum atomic E-state index is 9.92. The quantitative estimate of drug-likeness (QED) is 0.924. The van der Waals surface area contributed by atoms with Crippen LogP contribution in [0, 0.1) is 11.3 Å². The van der Waals surface area contributed by atoms with E-state index in [0.717, 1.165) is 25.5 Å². The number of rotatable bonds is 3. The summed E-state index contributed by atoms with van der Waals surface area (Å²) in [6.45, 7) is 8.96. The van der Waals surface area contributed by atoms with Gasteiger partial charge in [-0.1, -0.05) is 11.6 Å². The number of hydrogen-bond acceptors (Lipinski definition) is 5. The molecular formula is C15H21ClN4O. The minimum atomic E-state index is -0.686. The molecule has 1 saturated heterocycles. The highest BCUT2D eigenvalue weighted by Crippen LogP contribution is 2.23. The highest BCUT2D eigenvalue weighted by atomic mass is 35.5. The van der Waals surface area contributed by atoms with Crippen molar-refractivity contribution in [1.82, 2.24) is 9.88 Å². The van der Waals surface area contributed by atoms with E-state index in [1.165, 1.54) is 0 Å². The number of halogens is 1. The minimum absolute atomic E-state index is 0.264. The second kappa shape index (κ2) is 6.18. The van der Waals surface area contributed by atoms with Crippen molar-refractivity contribution in [2.24, 2.45) is 0 Å². The molecule has 21 heavy (non-hydrogen) atoms. The molecule has 1 aliphatic heterocycles. The summed E-state index contributed by atoms with van der Waals surface area (Å²) in [6.07, 6.45) is 0. The SMILES string of the molecule is CC1CN(CC(C)(C)O)CCN1c1ccc(Cl)c(C#N)n1. The first-order chi connectivity index (χ1) is 9.80. The van der Waals surface area contributed by atoms with Crippen LogP contribution in [0.2, 0.25) is 5.02 Å². The predicted molar refractivity (Wildman–Crippen MR) is 83.5 cm³/mol. The number of pyridine rings is 1. The molecule has 0 bridgehead atoms. The molecule has 5 nitrogen and oxygen atoms in total. The van der Waals surface area contributed by atoms with E-state index >= 15 is 0 Å². The molecule has 1 aromatic heterocycles. The minimum Gasteiger partial charge on any atom is -0.389 e. The number of hydrogen-bond donors (Lipinski definition) is 1. The van der Waals surface area contributed by atoms with Gasteiger partial charge in [-0.15, -0.1) is 0 Å². The van der Waals surface area contributed by atoms with Crippen LogP contribution >= 0.6 is 11.6 Å². The molecule has 1 atom stereocenters. The zero-order chi connectivity index (χ0) is 15.6. The van der Waals surface area contributed by atoms with Gasteiger partial charge in [0.15, 0.2) is 5.69 Å². The molecule has 0 amide bonds. The first-order valence-electron chi connectivity index (χ1n) is 7.08. The van der Waals surface area contributed by atoms with Gasteiger partial charge in [0, 0.05) is 32.2 Å². The molecule has 0 aromatic carbocycles. The third-order valence-electron chi connectivity index (χ3n) is 3.55. The van der Waals surface area contributed by atoms with Gasteiger partial charge < -0.3 is 10.0 Å². The number of nitrogens with zero attached hydrogens (tertiary/aromatic N) is 4. The first kappa shape index (κ1) is 16.0. The highest BCUT2D eigenvalue weighted by Gasteiger charge is 2.28. The normalized spacial score (nSPS) is 20.4. The summed E-state index contributed by atoms with van der Waals surface area (Å²) in [5.74, 6) is 0.784. The Morgan fingerprint density at radius 2 is 2.19 bits per heavy atom. The number of aliphatic hydroxyl groups is 1. The van der Waals surface area contributed by atoms with Crippen LogP contribution in [-0.2, 0) is 0 Å². The summed E-state index contributed by atoms with van der Waals surface area (Å²) in [6, 6.07) is 5.85. The maximum absolute atomic E-state index is 9.92. The van der Waals surface area contributed by atoms with Crippen molar-refractivity contribution < 1.29 is 5.11 Å². The van der Waals surface area contributed by atoms with Crippen molar-refractivity contribution in [3.8, 4) is 6.07 Å². The van der Waals surface area contributed by atoms with Crippen LogP contribution in [0.5, 0.6) is 0 Å². The van der Waals surface area contributed by atoms with E-state index in [1.807, 2.05) is 26.0 Å². The maximum Gasteiger partial charge on any atom is 0.161 e. The molecule has 0 aliphatic carbocycles.